The number of benzene rings is 3. The molecule has 5 nitrogen and oxygen atoms in total. The highest BCUT2D eigenvalue weighted by Gasteiger charge is 2.29. The molecule has 0 bridgehead atoms. The maximum absolute atomic E-state index is 12.8. The van der Waals surface area contributed by atoms with Gasteiger partial charge in [-0.1, -0.05) is 51.0 Å². The summed E-state index contributed by atoms with van der Waals surface area (Å²) in [6.45, 7) is 6.11. The molecule has 1 atom stereocenters. The number of unbranched alkanes of at least 4 members (excludes halogenated alkanes) is 2. The van der Waals surface area contributed by atoms with E-state index in [2.05, 4.69) is 43.4 Å². The monoisotopic (exact) mass is 474 g/mol. The van der Waals surface area contributed by atoms with Gasteiger partial charge in [0.05, 0.1) is 0 Å². The van der Waals surface area contributed by atoms with E-state index in [4.69, 9.17) is 15.2 Å². The zero-order valence-electron chi connectivity index (χ0n) is 21.2. The molecule has 0 aliphatic heterocycles. The molecule has 1 amide bonds. The van der Waals surface area contributed by atoms with E-state index in [1.54, 1.807) is 19.1 Å². The zero-order chi connectivity index (χ0) is 25.1. The highest BCUT2D eigenvalue weighted by atomic mass is 16.5. The average Bonchev–Trinajstić information content (AvgIpc) is 2.87. The molecule has 35 heavy (non-hydrogen) atoms. The number of amides is 1. The van der Waals surface area contributed by atoms with Gasteiger partial charge in [-0.3, -0.25) is 4.79 Å². The summed E-state index contributed by atoms with van der Waals surface area (Å²) in [4.78, 5) is 12.8. The highest BCUT2D eigenvalue weighted by molar-refractivity contribution is 5.97. The number of carbonyl (C=O) groups excluding carboxylic acids is 1. The second kappa shape index (κ2) is 13.0. The summed E-state index contributed by atoms with van der Waals surface area (Å²) < 4.78 is 11.7. The van der Waals surface area contributed by atoms with Crippen molar-refractivity contribution in [3.8, 4) is 17.2 Å². The van der Waals surface area contributed by atoms with Crippen LogP contribution in [-0.2, 0) is 17.6 Å². The zero-order valence-corrected chi connectivity index (χ0v) is 21.2. The van der Waals surface area contributed by atoms with E-state index in [-0.39, 0.29) is 12.5 Å². The minimum Gasteiger partial charge on any atom is -0.491 e. The van der Waals surface area contributed by atoms with Crippen LogP contribution < -0.4 is 20.5 Å². The molecule has 0 aliphatic rings. The number of hydrogen-bond donors (Lipinski definition) is 2. The van der Waals surface area contributed by atoms with Crippen molar-refractivity contribution in [3.63, 3.8) is 0 Å². The third-order valence-corrected chi connectivity index (χ3v) is 5.89. The number of ether oxygens (including phenoxy) is 2. The maximum Gasteiger partial charge on any atom is 0.247 e. The Morgan fingerprint density at radius 2 is 1.23 bits per heavy atom. The van der Waals surface area contributed by atoms with Gasteiger partial charge in [-0.15, -0.1) is 0 Å². The van der Waals surface area contributed by atoms with Crippen LogP contribution in [0.15, 0.2) is 72.8 Å². The van der Waals surface area contributed by atoms with Gasteiger partial charge in [-0.25, -0.2) is 0 Å². The van der Waals surface area contributed by atoms with Gasteiger partial charge in [0, 0.05) is 5.69 Å². The Labute approximate surface area is 209 Å². The van der Waals surface area contributed by atoms with Gasteiger partial charge >= 0.3 is 0 Å². The molecule has 0 fully saturated rings. The molecule has 186 valence electrons. The van der Waals surface area contributed by atoms with Crippen molar-refractivity contribution in [1.29, 1.82) is 0 Å². The summed E-state index contributed by atoms with van der Waals surface area (Å²) in [5.74, 6) is 1.88. The third-order valence-electron chi connectivity index (χ3n) is 5.89. The first-order valence-electron chi connectivity index (χ1n) is 12.6. The Morgan fingerprint density at radius 3 is 1.71 bits per heavy atom. The molecule has 0 unspecified atom stereocenters. The normalized spacial score (nSPS) is 12.6. The van der Waals surface area contributed by atoms with Gasteiger partial charge in [0.25, 0.3) is 0 Å². The fourth-order valence-corrected chi connectivity index (χ4v) is 3.55. The molecule has 0 saturated heterocycles. The number of anilines is 1. The van der Waals surface area contributed by atoms with Crippen LogP contribution in [0.5, 0.6) is 17.2 Å². The first-order valence-corrected chi connectivity index (χ1v) is 12.6. The average molecular weight is 475 g/mol. The second-order valence-electron chi connectivity index (χ2n) is 9.28. The molecule has 3 aromatic rings. The Kier molecular flexibility index (Phi) is 9.74. The Balaban J connectivity index is 1.49. The largest absolute Gasteiger partial charge is 0.491 e. The van der Waals surface area contributed by atoms with E-state index < -0.39 is 5.54 Å². The summed E-state index contributed by atoms with van der Waals surface area (Å²) >= 11 is 0. The lowest BCUT2D eigenvalue weighted by Gasteiger charge is -2.24. The van der Waals surface area contributed by atoms with Crippen LogP contribution in [-0.4, -0.2) is 18.1 Å². The van der Waals surface area contributed by atoms with Crippen LogP contribution in [0.4, 0.5) is 5.69 Å². The molecule has 3 N–H and O–H groups in total. The number of nitrogens with two attached hydrogens (primary N) is 1. The Hall–Kier alpha value is -3.31. The minimum atomic E-state index is -1.18. The molecule has 0 saturated carbocycles. The number of hydrogen-bond acceptors (Lipinski definition) is 4. The van der Waals surface area contributed by atoms with E-state index in [1.807, 2.05) is 36.4 Å². The maximum atomic E-state index is 12.8. The second-order valence-corrected chi connectivity index (χ2v) is 9.28. The van der Waals surface area contributed by atoms with Crippen LogP contribution in [0.25, 0.3) is 0 Å². The van der Waals surface area contributed by atoms with Crippen LogP contribution in [0, 0.1) is 0 Å². The molecule has 0 radical (unpaired) electrons. The molecule has 0 aliphatic carbocycles. The Morgan fingerprint density at radius 1 is 0.771 bits per heavy atom. The number of nitrogens with one attached hydrogen (secondary N) is 1. The number of carbonyl (C=O) groups is 1. The fourth-order valence-electron chi connectivity index (χ4n) is 3.55. The molecule has 3 rings (SSSR count). The van der Waals surface area contributed by atoms with Crippen molar-refractivity contribution >= 4 is 11.6 Å². The van der Waals surface area contributed by atoms with Crippen molar-refractivity contribution in [1.82, 2.24) is 0 Å². The molecule has 0 heterocycles. The minimum absolute atomic E-state index is 0.0720. The molecular weight excluding hydrogens is 436 g/mol. The number of aryl methyl sites for hydroxylation is 2. The van der Waals surface area contributed by atoms with Gasteiger partial charge in [0.2, 0.25) is 5.91 Å². The Bertz CT molecular complexity index is 1040. The summed E-state index contributed by atoms with van der Waals surface area (Å²) in [7, 11) is 0. The summed E-state index contributed by atoms with van der Waals surface area (Å²) in [5, 5.41) is 2.87. The molecular formula is C30H38N2O3. The number of rotatable bonds is 13. The fraction of sp³-hybridized carbons (Fsp3) is 0.367. The molecule has 3 aromatic carbocycles. The van der Waals surface area contributed by atoms with Gasteiger partial charge < -0.3 is 20.5 Å². The van der Waals surface area contributed by atoms with E-state index in [0.29, 0.717) is 17.2 Å². The van der Waals surface area contributed by atoms with Gasteiger partial charge in [-0.2, -0.15) is 0 Å². The van der Waals surface area contributed by atoms with Crippen LogP contribution >= 0.6 is 0 Å². The highest BCUT2D eigenvalue weighted by Crippen LogP contribution is 2.24. The topological polar surface area (TPSA) is 73.6 Å². The van der Waals surface area contributed by atoms with E-state index >= 15 is 0 Å². The predicted octanol–water partition coefficient (Wildman–Crippen LogP) is 6.90. The van der Waals surface area contributed by atoms with Crippen LogP contribution in [0.3, 0.4) is 0 Å². The van der Waals surface area contributed by atoms with Gasteiger partial charge in [0.15, 0.2) is 0 Å². The van der Waals surface area contributed by atoms with Crippen LogP contribution in [0.2, 0.25) is 0 Å². The predicted molar refractivity (Wildman–Crippen MR) is 143 cm³/mol. The smallest absolute Gasteiger partial charge is 0.247 e. The lowest BCUT2D eigenvalue weighted by atomic mass is 10.0. The van der Waals surface area contributed by atoms with Crippen LogP contribution in [0.1, 0.15) is 57.6 Å². The standard InChI is InChI=1S/C30H38N2O3/c1-4-6-8-23-10-16-26(17-11-23)34-22-30(3,31)29(33)32-25-14-20-28(21-15-25)35-27-18-12-24(13-19-27)9-7-5-2/h10-21H,4-9,22,31H2,1-3H3,(H,32,33)/t30-/m0/s1. The van der Waals surface area contributed by atoms with Crippen molar-refractivity contribution in [3.05, 3.63) is 83.9 Å². The van der Waals surface area contributed by atoms with Gasteiger partial charge in [0.1, 0.15) is 29.4 Å². The van der Waals surface area contributed by atoms with E-state index in [9.17, 15) is 4.79 Å². The quantitative estimate of drug-likeness (QED) is 0.283. The van der Waals surface area contributed by atoms with Crippen molar-refractivity contribution in [2.45, 2.75) is 64.8 Å². The molecule has 0 spiro atoms. The van der Waals surface area contributed by atoms with Crippen molar-refractivity contribution in [2.75, 3.05) is 11.9 Å². The first kappa shape index (κ1) is 26.3. The summed E-state index contributed by atoms with van der Waals surface area (Å²) in [5.41, 5.74) is 8.32. The van der Waals surface area contributed by atoms with Crippen molar-refractivity contribution < 1.29 is 14.3 Å². The SMILES string of the molecule is CCCCc1ccc(OC[C@](C)(N)C(=O)Nc2ccc(Oc3ccc(CCCC)cc3)cc2)cc1. The summed E-state index contributed by atoms with van der Waals surface area (Å²) in [6, 6.07) is 23.4. The lowest BCUT2D eigenvalue weighted by Crippen LogP contribution is -2.53. The molecule has 0 aromatic heterocycles. The van der Waals surface area contributed by atoms with Gasteiger partial charge in [-0.05, 0) is 92.3 Å². The van der Waals surface area contributed by atoms with E-state index in [0.717, 1.165) is 18.6 Å². The van der Waals surface area contributed by atoms with E-state index in [1.165, 1.54) is 36.8 Å². The lowest BCUT2D eigenvalue weighted by molar-refractivity contribution is -0.121. The first-order chi connectivity index (χ1) is 16.9. The summed E-state index contributed by atoms with van der Waals surface area (Å²) in [6.07, 6.45) is 6.85. The molecule has 5 heteroatoms. The third kappa shape index (κ3) is 8.45. The van der Waals surface area contributed by atoms with Crippen molar-refractivity contribution in [2.24, 2.45) is 5.73 Å².